The lowest BCUT2D eigenvalue weighted by molar-refractivity contribution is -0.167. The molecule has 0 aromatic rings. The van der Waals surface area contributed by atoms with E-state index in [1.165, 1.54) is 64.2 Å². The van der Waals surface area contributed by atoms with Crippen LogP contribution in [0.15, 0.2) is 122 Å². The Morgan fingerprint density at radius 2 is 0.549 bits per heavy atom. The fourth-order valence-electron chi connectivity index (χ4n) is 7.60. The Hall–Kier alpha value is -4.19. The SMILES string of the molecule is CC/C=C\C/C=C\C/C=C\C/C=C\C/C=C\C/C=C\C/C=C\CCCCCCCC(=O)OCC(COC(=O)CCCCCCCCC)OC(=O)CCCCCCCC/C=C\C/C=C\C/C=C\CCCCC. The van der Waals surface area contributed by atoms with Crippen LogP contribution < -0.4 is 0 Å². The van der Waals surface area contributed by atoms with Crippen LogP contribution in [0.1, 0.15) is 252 Å². The molecule has 0 bridgehead atoms. The molecule has 0 heterocycles. The maximum atomic E-state index is 12.8. The Morgan fingerprint density at radius 1 is 0.296 bits per heavy atom. The van der Waals surface area contributed by atoms with Gasteiger partial charge in [-0.2, -0.15) is 0 Å². The van der Waals surface area contributed by atoms with Crippen LogP contribution in [0.3, 0.4) is 0 Å². The number of hydrogen-bond donors (Lipinski definition) is 0. The average Bonchev–Trinajstić information content (AvgIpc) is 3.37. The van der Waals surface area contributed by atoms with E-state index < -0.39 is 6.10 Å². The van der Waals surface area contributed by atoms with Gasteiger partial charge >= 0.3 is 17.9 Å². The molecule has 0 saturated carbocycles. The van der Waals surface area contributed by atoms with E-state index in [0.717, 1.165) is 148 Å². The number of esters is 3. The largest absolute Gasteiger partial charge is 0.462 e. The summed E-state index contributed by atoms with van der Waals surface area (Å²) < 4.78 is 16.8. The minimum absolute atomic E-state index is 0.0918. The van der Waals surface area contributed by atoms with Gasteiger partial charge in [0.1, 0.15) is 13.2 Å². The van der Waals surface area contributed by atoms with Gasteiger partial charge in [0.15, 0.2) is 6.10 Å². The molecule has 0 aliphatic carbocycles. The molecule has 0 aromatic heterocycles. The number of rotatable bonds is 51. The molecule has 0 N–H and O–H groups in total. The maximum Gasteiger partial charge on any atom is 0.306 e. The molecular weight excluding hydrogens is 877 g/mol. The van der Waals surface area contributed by atoms with E-state index in [9.17, 15) is 14.4 Å². The molecular formula is C65H106O6. The summed E-state index contributed by atoms with van der Waals surface area (Å²) in [7, 11) is 0. The minimum Gasteiger partial charge on any atom is -0.462 e. The monoisotopic (exact) mass is 983 g/mol. The van der Waals surface area contributed by atoms with Crippen LogP contribution in [0.4, 0.5) is 0 Å². The third-order valence-electron chi connectivity index (χ3n) is 12.0. The first-order chi connectivity index (χ1) is 35.0. The van der Waals surface area contributed by atoms with Crippen LogP contribution >= 0.6 is 0 Å². The van der Waals surface area contributed by atoms with Crippen molar-refractivity contribution in [2.75, 3.05) is 13.2 Å². The number of carbonyl (C=O) groups is 3. The molecule has 0 amide bonds. The van der Waals surface area contributed by atoms with Crippen LogP contribution in [0, 0.1) is 0 Å². The lowest BCUT2D eigenvalue weighted by Crippen LogP contribution is -2.30. The Morgan fingerprint density at radius 3 is 0.887 bits per heavy atom. The lowest BCUT2D eigenvalue weighted by atomic mass is 10.1. The van der Waals surface area contributed by atoms with Gasteiger partial charge in [0.25, 0.3) is 0 Å². The van der Waals surface area contributed by atoms with Crippen LogP contribution in [-0.4, -0.2) is 37.2 Å². The van der Waals surface area contributed by atoms with E-state index in [1.54, 1.807) is 0 Å². The van der Waals surface area contributed by atoms with Crippen LogP contribution in [0.5, 0.6) is 0 Å². The highest BCUT2D eigenvalue weighted by Crippen LogP contribution is 2.14. The van der Waals surface area contributed by atoms with E-state index in [2.05, 4.69) is 142 Å². The summed E-state index contributed by atoms with van der Waals surface area (Å²) >= 11 is 0. The molecule has 0 saturated heterocycles. The van der Waals surface area contributed by atoms with Gasteiger partial charge in [-0.15, -0.1) is 0 Å². The number of unbranched alkanes of at least 4 members (excludes halogenated alkanes) is 20. The topological polar surface area (TPSA) is 78.9 Å². The van der Waals surface area contributed by atoms with Gasteiger partial charge in [0.05, 0.1) is 0 Å². The number of hydrogen-bond acceptors (Lipinski definition) is 6. The molecule has 0 aromatic carbocycles. The van der Waals surface area contributed by atoms with Gasteiger partial charge in [-0.05, 0) is 116 Å². The van der Waals surface area contributed by atoms with E-state index >= 15 is 0 Å². The molecule has 6 heteroatoms. The van der Waals surface area contributed by atoms with Crippen molar-refractivity contribution in [2.24, 2.45) is 0 Å². The molecule has 0 fully saturated rings. The summed E-state index contributed by atoms with van der Waals surface area (Å²) in [4.78, 5) is 38.0. The van der Waals surface area contributed by atoms with Crippen LogP contribution in [0.25, 0.3) is 0 Å². The molecule has 402 valence electrons. The summed E-state index contributed by atoms with van der Waals surface area (Å²) in [6, 6.07) is 0. The Labute approximate surface area is 437 Å². The van der Waals surface area contributed by atoms with E-state index in [-0.39, 0.29) is 31.1 Å². The summed E-state index contributed by atoms with van der Waals surface area (Å²) in [6.45, 7) is 6.42. The number of allylic oxidation sites excluding steroid dienone is 20. The standard InChI is InChI=1S/C65H106O6/c1-4-7-10-13-16-18-20-22-24-26-28-29-30-31-32-33-34-35-37-38-40-42-44-46-49-52-55-58-64(67)70-61-62(60-69-63(66)57-54-51-48-15-12-9-6-3)71-65(68)59-56-53-50-47-45-43-41-39-36-27-25-23-21-19-17-14-11-8-5-2/h7,10,16-19,22-25,28-29,31-32,34-36,38-40,62H,4-6,8-9,11-15,20-21,26-27,30,33,37,41-61H2,1-3H3/b10-7-,18-16-,19-17-,24-22-,25-23-,29-28-,32-31-,35-34-,39-36-,40-38-. The van der Waals surface area contributed by atoms with Gasteiger partial charge in [-0.1, -0.05) is 239 Å². The van der Waals surface area contributed by atoms with Gasteiger partial charge < -0.3 is 14.2 Å². The fourth-order valence-corrected chi connectivity index (χ4v) is 7.60. The maximum absolute atomic E-state index is 12.8. The second kappa shape index (κ2) is 58.4. The Balaban J connectivity index is 4.28. The van der Waals surface area contributed by atoms with Crippen molar-refractivity contribution < 1.29 is 28.6 Å². The molecule has 71 heavy (non-hydrogen) atoms. The van der Waals surface area contributed by atoms with Gasteiger partial charge in [0.2, 0.25) is 0 Å². The van der Waals surface area contributed by atoms with Crippen molar-refractivity contribution in [3.8, 4) is 0 Å². The predicted octanol–water partition coefficient (Wildman–Crippen LogP) is 19.6. The highest BCUT2D eigenvalue weighted by molar-refractivity contribution is 5.71. The van der Waals surface area contributed by atoms with Gasteiger partial charge in [-0.3, -0.25) is 14.4 Å². The zero-order valence-corrected chi connectivity index (χ0v) is 45.9. The van der Waals surface area contributed by atoms with Crippen molar-refractivity contribution >= 4 is 17.9 Å². The average molecular weight is 984 g/mol. The molecule has 1 atom stereocenters. The van der Waals surface area contributed by atoms with E-state index in [0.29, 0.717) is 19.3 Å². The summed E-state index contributed by atoms with van der Waals surface area (Å²) in [5, 5.41) is 0. The number of ether oxygens (including phenoxy) is 3. The first kappa shape index (κ1) is 66.8. The zero-order valence-electron chi connectivity index (χ0n) is 45.9. The summed E-state index contributed by atoms with van der Waals surface area (Å²) in [5.74, 6) is -0.934. The lowest BCUT2D eigenvalue weighted by Gasteiger charge is -2.18. The van der Waals surface area contributed by atoms with Gasteiger partial charge in [-0.25, -0.2) is 0 Å². The Kier molecular flexibility index (Phi) is 54.9. The van der Waals surface area contributed by atoms with Crippen molar-refractivity contribution in [3.63, 3.8) is 0 Å². The highest BCUT2D eigenvalue weighted by atomic mass is 16.6. The van der Waals surface area contributed by atoms with Crippen molar-refractivity contribution in [1.29, 1.82) is 0 Å². The molecule has 1 unspecified atom stereocenters. The smallest absolute Gasteiger partial charge is 0.306 e. The predicted molar refractivity (Wildman–Crippen MR) is 306 cm³/mol. The summed E-state index contributed by atoms with van der Waals surface area (Å²) in [6.07, 6.45) is 80.6. The first-order valence-corrected chi connectivity index (χ1v) is 29.0. The molecule has 0 radical (unpaired) electrons. The van der Waals surface area contributed by atoms with E-state index in [1.807, 2.05) is 0 Å². The molecule has 0 rings (SSSR count). The second-order valence-corrected chi connectivity index (χ2v) is 18.8. The molecule has 6 nitrogen and oxygen atoms in total. The third-order valence-corrected chi connectivity index (χ3v) is 12.0. The molecule has 0 spiro atoms. The minimum atomic E-state index is -0.794. The first-order valence-electron chi connectivity index (χ1n) is 29.0. The highest BCUT2D eigenvalue weighted by Gasteiger charge is 2.19. The van der Waals surface area contributed by atoms with Crippen LogP contribution in [0.2, 0.25) is 0 Å². The van der Waals surface area contributed by atoms with Crippen molar-refractivity contribution in [3.05, 3.63) is 122 Å². The van der Waals surface area contributed by atoms with Crippen molar-refractivity contribution in [2.45, 2.75) is 258 Å². The quantitative estimate of drug-likeness (QED) is 0.0261. The normalized spacial score (nSPS) is 13.0. The Bertz CT molecular complexity index is 1500. The second-order valence-electron chi connectivity index (χ2n) is 18.8. The molecule has 0 aliphatic rings. The third kappa shape index (κ3) is 56.6. The van der Waals surface area contributed by atoms with Gasteiger partial charge in [0, 0.05) is 19.3 Å². The van der Waals surface area contributed by atoms with Crippen molar-refractivity contribution in [1.82, 2.24) is 0 Å². The number of carbonyl (C=O) groups excluding carboxylic acids is 3. The zero-order chi connectivity index (χ0) is 51.4. The van der Waals surface area contributed by atoms with Crippen LogP contribution in [-0.2, 0) is 28.6 Å². The summed E-state index contributed by atoms with van der Waals surface area (Å²) in [5.41, 5.74) is 0. The van der Waals surface area contributed by atoms with E-state index in [4.69, 9.17) is 14.2 Å². The molecule has 0 aliphatic heterocycles. The fraction of sp³-hybridized carbons (Fsp3) is 0.646.